The van der Waals surface area contributed by atoms with Crippen LogP contribution in [0.15, 0.2) is 60.7 Å². The van der Waals surface area contributed by atoms with Crippen LogP contribution < -0.4 is 0 Å². The molecule has 2 aromatic carbocycles. The summed E-state index contributed by atoms with van der Waals surface area (Å²) >= 11 is 0. The van der Waals surface area contributed by atoms with Crippen LogP contribution >= 0.6 is 7.82 Å². The van der Waals surface area contributed by atoms with Crippen molar-refractivity contribution in [2.75, 3.05) is 59.0 Å². The standard InChI is InChI=1S/C53H84N3O14P/c1-48(2,3)65-43(57)33-54(34-44(58)66-49(4,5)6)30-31-56(37-47(61)69-52(13,14)15)41(32-55(35-45(59)67-50(7,8)9)36-46(60)68-51(10,11)12)38-64-71(62,63)70-42-26-28-53(29-27-42,39-22-18-16-19-23-39)40-24-20-17-21-25-40/h16-25,41-42H,26-38H2,1-15H3,(H,62,63)/t41-/m1/s1. The van der Waals surface area contributed by atoms with Gasteiger partial charge in [0.25, 0.3) is 0 Å². The summed E-state index contributed by atoms with van der Waals surface area (Å²) in [5.74, 6) is -3.25. The van der Waals surface area contributed by atoms with Gasteiger partial charge in [0.05, 0.1) is 45.4 Å². The van der Waals surface area contributed by atoms with Crippen molar-refractivity contribution in [1.82, 2.24) is 14.7 Å². The molecule has 1 aliphatic carbocycles. The third kappa shape index (κ3) is 24.4. The number of phosphoric acid groups is 1. The zero-order chi connectivity index (χ0) is 53.6. The van der Waals surface area contributed by atoms with Gasteiger partial charge in [0.15, 0.2) is 0 Å². The van der Waals surface area contributed by atoms with E-state index in [9.17, 15) is 33.4 Å². The van der Waals surface area contributed by atoms with Gasteiger partial charge in [-0.3, -0.25) is 47.7 Å². The maximum atomic E-state index is 14.1. The van der Waals surface area contributed by atoms with Gasteiger partial charge < -0.3 is 28.6 Å². The Hall–Kier alpha value is -4.22. The summed E-state index contributed by atoms with van der Waals surface area (Å²) < 4.78 is 54.2. The molecular weight excluding hydrogens is 934 g/mol. The first-order valence-electron chi connectivity index (χ1n) is 24.6. The number of hydrogen-bond acceptors (Lipinski definition) is 16. The first-order chi connectivity index (χ1) is 32.5. The van der Waals surface area contributed by atoms with E-state index in [4.69, 9.17) is 32.7 Å². The molecule has 2 atom stereocenters. The van der Waals surface area contributed by atoms with Crippen LogP contribution in [0, 0.1) is 0 Å². The predicted octanol–water partition coefficient (Wildman–Crippen LogP) is 8.03. The largest absolute Gasteiger partial charge is 0.472 e. The van der Waals surface area contributed by atoms with Crippen LogP contribution in [-0.4, -0.2) is 149 Å². The Morgan fingerprint density at radius 2 is 0.887 bits per heavy atom. The van der Waals surface area contributed by atoms with Gasteiger partial charge in [0.1, 0.15) is 28.0 Å². The zero-order valence-electron chi connectivity index (χ0n) is 45.2. The Morgan fingerprint density at radius 1 is 0.549 bits per heavy atom. The van der Waals surface area contributed by atoms with Gasteiger partial charge in [0.2, 0.25) is 0 Å². The summed E-state index contributed by atoms with van der Waals surface area (Å²) in [5.41, 5.74) is -2.42. The number of phosphoric ester groups is 1. The molecule has 1 saturated carbocycles. The van der Waals surface area contributed by atoms with E-state index in [2.05, 4.69) is 24.3 Å². The van der Waals surface area contributed by atoms with E-state index in [1.165, 1.54) is 9.80 Å². The molecule has 1 N–H and O–H groups in total. The molecule has 0 aliphatic heterocycles. The quantitative estimate of drug-likeness (QED) is 0.0637. The summed E-state index contributed by atoms with van der Waals surface area (Å²) in [5, 5.41) is 0. The van der Waals surface area contributed by atoms with Crippen LogP contribution in [0.3, 0.4) is 0 Å². The van der Waals surface area contributed by atoms with E-state index in [-0.39, 0.29) is 38.1 Å². The number of hydrogen-bond donors (Lipinski definition) is 1. The normalized spacial score (nSPS) is 16.3. The van der Waals surface area contributed by atoms with Crippen molar-refractivity contribution in [3.63, 3.8) is 0 Å². The molecule has 0 heterocycles. The Labute approximate surface area is 423 Å². The number of rotatable bonds is 23. The second-order valence-electron chi connectivity index (χ2n) is 23.3. The highest BCUT2D eigenvalue weighted by Gasteiger charge is 2.41. The SMILES string of the molecule is CC(C)(C)OC(=O)CN(CCN(CC(=O)OC(C)(C)C)[C@@H](COP(=O)(O)OC1CCC(c2ccccc2)(c2ccccc2)CC1)CN(CC(=O)OC(C)(C)C)CC(=O)OC(C)(C)C)CC(=O)OC(C)(C)C. The van der Waals surface area contributed by atoms with Gasteiger partial charge in [-0.25, -0.2) is 4.57 Å². The van der Waals surface area contributed by atoms with E-state index >= 15 is 0 Å². The maximum absolute atomic E-state index is 14.1. The fourth-order valence-electron chi connectivity index (χ4n) is 8.24. The number of esters is 5. The van der Waals surface area contributed by atoms with Gasteiger partial charge in [-0.15, -0.1) is 0 Å². The number of ether oxygens (including phenoxy) is 5. The number of benzene rings is 2. The predicted molar refractivity (Wildman–Crippen MR) is 270 cm³/mol. The average molecular weight is 1020 g/mol. The summed E-state index contributed by atoms with van der Waals surface area (Å²) in [4.78, 5) is 83.3. The maximum Gasteiger partial charge on any atom is 0.472 e. The monoisotopic (exact) mass is 1020 g/mol. The molecule has 71 heavy (non-hydrogen) atoms. The Morgan fingerprint density at radius 3 is 1.24 bits per heavy atom. The van der Waals surface area contributed by atoms with Crippen molar-refractivity contribution >= 4 is 37.7 Å². The molecule has 0 bridgehead atoms. The fraction of sp³-hybridized carbons (Fsp3) is 0.679. The summed E-state index contributed by atoms with van der Waals surface area (Å²) in [6, 6.07) is 19.3. The molecule has 18 heteroatoms. The number of carbonyl (C=O) groups is 5. The van der Waals surface area contributed by atoms with E-state index in [1.807, 2.05) is 36.4 Å². The molecule has 400 valence electrons. The Balaban J connectivity index is 2.06. The minimum absolute atomic E-state index is 0.0458. The first-order valence-corrected chi connectivity index (χ1v) is 26.0. The third-order valence-electron chi connectivity index (χ3n) is 10.7. The smallest absolute Gasteiger partial charge is 0.459 e. The van der Waals surface area contributed by atoms with Crippen molar-refractivity contribution in [1.29, 1.82) is 0 Å². The average Bonchev–Trinajstić information content (AvgIpc) is 3.18. The van der Waals surface area contributed by atoms with Gasteiger partial charge >= 0.3 is 37.7 Å². The zero-order valence-corrected chi connectivity index (χ0v) is 46.1. The minimum atomic E-state index is -4.86. The van der Waals surface area contributed by atoms with E-state index < -0.39 is 104 Å². The van der Waals surface area contributed by atoms with Crippen LogP contribution in [0.5, 0.6) is 0 Å². The van der Waals surface area contributed by atoms with Crippen molar-refractivity contribution in [3.05, 3.63) is 71.8 Å². The first kappa shape index (κ1) is 61.1. The number of nitrogens with zero attached hydrogens (tertiary/aromatic N) is 3. The lowest BCUT2D eigenvalue weighted by Crippen LogP contribution is -2.53. The lowest BCUT2D eigenvalue weighted by Gasteiger charge is -2.41. The molecule has 0 aromatic heterocycles. The topological polar surface area (TPSA) is 197 Å². The highest BCUT2D eigenvalue weighted by atomic mass is 31.2. The van der Waals surface area contributed by atoms with Gasteiger partial charge in [-0.1, -0.05) is 60.7 Å². The lowest BCUT2D eigenvalue weighted by atomic mass is 9.65. The van der Waals surface area contributed by atoms with E-state index in [1.54, 1.807) is 109 Å². The Bertz CT molecular complexity index is 1980. The second-order valence-corrected chi connectivity index (χ2v) is 24.7. The fourth-order valence-corrected chi connectivity index (χ4v) is 9.25. The highest BCUT2D eigenvalue weighted by Crippen LogP contribution is 2.51. The van der Waals surface area contributed by atoms with Crippen LogP contribution in [0.2, 0.25) is 0 Å². The molecular formula is C53H84N3O14P. The van der Waals surface area contributed by atoms with Crippen LogP contribution in [0.4, 0.5) is 0 Å². The molecule has 1 unspecified atom stereocenters. The van der Waals surface area contributed by atoms with Crippen molar-refractivity contribution < 1.29 is 66.2 Å². The summed E-state index contributed by atoms with van der Waals surface area (Å²) in [6.07, 6.45) is 1.50. The molecule has 0 spiro atoms. The third-order valence-corrected chi connectivity index (χ3v) is 11.7. The number of carbonyl (C=O) groups excluding carboxylic acids is 5. The molecule has 2 aromatic rings. The highest BCUT2D eigenvalue weighted by molar-refractivity contribution is 7.47. The van der Waals surface area contributed by atoms with Gasteiger partial charge in [-0.05, 0) is 141 Å². The van der Waals surface area contributed by atoms with Crippen molar-refractivity contribution in [2.45, 2.75) is 175 Å². The minimum Gasteiger partial charge on any atom is -0.459 e. The molecule has 0 amide bonds. The molecule has 0 saturated heterocycles. The van der Waals surface area contributed by atoms with Crippen LogP contribution in [0.1, 0.15) is 141 Å². The summed E-state index contributed by atoms with van der Waals surface area (Å²) in [7, 11) is -4.86. The second kappa shape index (κ2) is 25.6. The van der Waals surface area contributed by atoms with Crippen molar-refractivity contribution in [3.8, 4) is 0 Å². The molecule has 0 radical (unpaired) electrons. The van der Waals surface area contributed by atoms with E-state index in [0.29, 0.717) is 25.7 Å². The van der Waals surface area contributed by atoms with Crippen molar-refractivity contribution in [2.24, 2.45) is 0 Å². The molecule has 1 fully saturated rings. The van der Waals surface area contributed by atoms with Crippen LogP contribution in [-0.2, 0) is 66.7 Å². The molecule has 1 aliphatic rings. The Kier molecular flexibility index (Phi) is 22.0. The van der Waals surface area contributed by atoms with Crippen LogP contribution in [0.25, 0.3) is 0 Å². The van der Waals surface area contributed by atoms with E-state index in [0.717, 1.165) is 11.1 Å². The van der Waals surface area contributed by atoms with Gasteiger partial charge in [0, 0.05) is 31.1 Å². The summed E-state index contributed by atoms with van der Waals surface area (Å²) in [6.45, 7) is 22.8. The lowest BCUT2D eigenvalue weighted by molar-refractivity contribution is -0.162. The molecule has 3 rings (SSSR count). The van der Waals surface area contributed by atoms with Gasteiger partial charge in [-0.2, -0.15) is 0 Å². The molecule has 17 nitrogen and oxygen atoms in total.